The number of carbonyl (C=O) groups is 2. The van der Waals surface area contributed by atoms with Gasteiger partial charge in [0.25, 0.3) is 5.91 Å². The number of rotatable bonds is 7. The van der Waals surface area contributed by atoms with E-state index in [2.05, 4.69) is 10.6 Å². The van der Waals surface area contributed by atoms with E-state index in [9.17, 15) is 27.9 Å². The van der Waals surface area contributed by atoms with Gasteiger partial charge in [-0.3, -0.25) is 9.59 Å². The largest absolute Gasteiger partial charge is 0.490 e. The number of aliphatic hydroxyl groups is 1. The van der Waals surface area contributed by atoms with Gasteiger partial charge in [0.15, 0.2) is 0 Å². The fraction of sp³-hybridized carbons (Fsp3) is 0.200. The molecule has 0 aliphatic carbocycles. The summed E-state index contributed by atoms with van der Waals surface area (Å²) in [5.74, 6) is -0.425. The van der Waals surface area contributed by atoms with Crippen molar-refractivity contribution < 1.29 is 32.6 Å². The van der Waals surface area contributed by atoms with Crippen molar-refractivity contribution in [3.05, 3.63) is 107 Å². The molecule has 9 heteroatoms. The summed E-state index contributed by atoms with van der Waals surface area (Å²) in [4.78, 5) is 24.5. The lowest BCUT2D eigenvalue weighted by Crippen LogP contribution is -2.34. The highest BCUT2D eigenvalue weighted by atomic mass is 19.4. The summed E-state index contributed by atoms with van der Waals surface area (Å²) in [6, 6.07) is 17.0. The van der Waals surface area contributed by atoms with E-state index < -0.39 is 29.7 Å². The smallest absolute Gasteiger partial charge is 0.416 e. The van der Waals surface area contributed by atoms with Gasteiger partial charge in [-0.15, -0.1) is 0 Å². The second kappa shape index (κ2) is 11.6. The van der Waals surface area contributed by atoms with E-state index in [4.69, 9.17) is 4.74 Å². The predicted octanol–water partition coefficient (Wildman–Crippen LogP) is 5.97. The van der Waals surface area contributed by atoms with Crippen LogP contribution < -0.4 is 15.4 Å². The topological polar surface area (TPSA) is 87.7 Å². The van der Waals surface area contributed by atoms with Crippen LogP contribution in [0.4, 0.5) is 24.5 Å². The Balaban J connectivity index is 1.64. The molecule has 39 heavy (non-hydrogen) atoms. The molecule has 0 radical (unpaired) electrons. The number of amides is 2. The molecule has 1 atom stereocenters. The molecule has 1 heterocycles. The third-order valence-electron chi connectivity index (χ3n) is 5.97. The van der Waals surface area contributed by atoms with E-state index in [1.807, 2.05) is 13.8 Å². The molecule has 1 unspecified atom stereocenters. The molecule has 0 bridgehead atoms. The summed E-state index contributed by atoms with van der Waals surface area (Å²) >= 11 is 0. The summed E-state index contributed by atoms with van der Waals surface area (Å²) in [6.07, 6.45) is -1.33. The number of halogens is 3. The molecule has 0 saturated heterocycles. The lowest BCUT2D eigenvalue weighted by Gasteiger charge is -2.23. The van der Waals surface area contributed by atoms with Gasteiger partial charge in [0.05, 0.1) is 11.7 Å². The van der Waals surface area contributed by atoms with E-state index in [-0.39, 0.29) is 12.5 Å². The van der Waals surface area contributed by atoms with Crippen molar-refractivity contribution in [2.45, 2.75) is 38.7 Å². The normalized spacial score (nSPS) is 15.7. The second-order valence-corrected chi connectivity index (χ2v) is 9.21. The Hall–Kier alpha value is -4.37. The number of nitrogens with one attached hydrogen (secondary N) is 2. The summed E-state index contributed by atoms with van der Waals surface area (Å²) in [5.41, 5.74) is 2.52. The predicted molar refractivity (Wildman–Crippen MR) is 143 cm³/mol. The zero-order chi connectivity index (χ0) is 28.2. The second-order valence-electron chi connectivity index (χ2n) is 9.21. The Bertz CT molecular complexity index is 1430. The molecule has 2 amide bonds. The molecule has 3 aromatic rings. The van der Waals surface area contributed by atoms with Crippen LogP contribution in [-0.2, 0) is 22.2 Å². The van der Waals surface area contributed by atoms with Gasteiger partial charge < -0.3 is 20.5 Å². The molecule has 0 fully saturated rings. The lowest BCUT2D eigenvalue weighted by molar-refractivity contribution is -0.137. The van der Waals surface area contributed by atoms with Crippen LogP contribution in [0.25, 0.3) is 5.57 Å². The van der Waals surface area contributed by atoms with Crippen molar-refractivity contribution in [2.75, 3.05) is 10.6 Å². The van der Waals surface area contributed by atoms with Gasteiger partial charge in [0.2, 0.25) is 5.91 Å². The van der Waals surface area contributed by atoms with Gasteiger partial charge in [0.1, 0.15) is 11.9 Å². The molecule has 202 valence electrons. The minimum Gasteiger partial charge on any atom is -0.490 e. The summed E-state index contributed by atoms with van der Waals surface area (Å²) in [6.45, 7) is 3.74. The Morgan fingerprint density at radius 3 is 2.49 bits per heavy atom. The van der Waals surface area contributed by atoms with Crippen molar-refractivity contribution in [3.8, 4) is 5.75 Å². The monoisotopic (exact) mass is 536 g/mol. The minimum atomic E-state index is -4.46. The molecule has 0 saturated carbocycles. The molecule has 4 rings (SSSR count). The molecular formula is C30H27F3N2O4. The summed E-state index contributed by atoms with van der Waals surface area (Å²) < 4.78 is 45.4. The first kappa shape index (κ1) is 27.7. The van der Waals surface area contributed by atoms with E-state index in [0.29, 0.717) is 39.4 Å². The number of benzene rings is 3. The first-order valence-corrected chi connectivity index (χ1v) is 12.3. The maximum Gasteiger partial charge on any atom is 0.416 e. The van der Waals surface area contributed by atoms with Gasteiger partial charge in [-0.1, -0.05) is 48.6 Å². The number of ether oxygens (including phenoxy) is 1. The van der Waals surface area contributed by atoms with Crippen molar-refractivity contribution in [1.29, 1.82) is 0 Å². The number of carbonyl (C=O) groups excluding carboxylic acids is 2. The van der Waals surface area contributed by atoms with Crippen LogP contribution in [0, 0.1) is 0 Å². The number of alkyl halides is 3. The number of allylic oxidation sites excluding steroid dienone is 2. The Kier molecular flexibility index (Phi) is 8.21. The van der Waals surface area contributed by atoms with Gasteiger partial charge in [0, 0.05) is 35.0 Å². The van der Waals surface area contributed by atoms with Crippen molar-refractivity contribution in [1.82, 2.24) is 0 Å². The van der Waals surface area contributed by atoms with Crippen LogP contribution >= 0.6 is 0 Å². The van der Waals surface area contributed by atoms with Crippen LogP contribution in [0.5, 0.6) is 5.75 Å². The van der Waals surface area contributed by atoms with E-state index >= 15 is 0 Å². The van der Waals surface area contributed by atoms with Crippen LogP contribution in [0.15, 0.2) is 85.0 Å². The summed E-state index contributed by atoms with van der Waals surface area (Å²) in [5, 5.41) is 15.3. The molecule has 6 nitrogen and oxygen atoms in total. The Morgan fingerprint density at radius 1 is 1.08 bits per heavy atom. The van der Waals surface area contributed by atoms with Crippen molar-refractivity contribution in [3.63, 3.8) is 0 Å². The van der Waals surface area contributed by atoms with Gasteiger partial charge in [-0.05, 0) is 55.3 Å². The first-order valence-electron chi connectivity index (χ1n) is 12.3. The molecule has 1 aliphatic heterocycles. The highest BCUT2D eigenvalue weighted by molar-refractivity contribution is 6.03. The van der Waals surface area contributed by atoms with E-state index in [1.165, 1.54) is 24.3 Å². The van der Waals surface area contributed by atoms with Gasteiger partial charge in [-0.2, -0.15) is 13.2 Å². The molecule has 3 aromatic carbocycles. The lowest BCUT2D eigenvalue weighted by atomic mass is 9.95. The standard InChI is InChI=1S/C30H27F3N2O4/c1-18(2)39-27-11-4-3-7-22(27)21(19-13-15-20(16-14-19)30(31,32)33)8-5-12-28(37)34-24-9-6-10-25-23(24)17-26(36)29(38)35-25/h3-16,18,26,36H,17H2,1-2H3,(H,34,37)(H,35,38)/b12-5+,21-8+. The number of hydrogen-bond donors (Lipinski definition) is 3. The molecular weight excluding hydrogens is 509 g/mol. The summed E-state index contributed by atoms with van der Waals surface area (Å²) in [7, 11) is 0. The quantitative estimate of drug-likeness (QED) is 0.256. The maximum atomic E-state index is 13.1. The van der Waals surface area contributed by atoms with Crippen LogP contribution in [-0.4, -0.2) is 29.1 Å². The minimum absolute atomic E-state index is 0.0614. The van der Waals surface area contributed by atoms with Gasteiger partial charge in [-0.25, -0.2) is 0 Å². The zero-order valence-electron chi connectivity index (χ0n) is 21.3. The van der Waals surface area contributed by atoms with Crippen molar-refractivity contribution in [2.24, 2.45) is 0 Å². The number of aliphatic hydroxyl groups excluding tert-OH is 1. The number of hydrogen-bond acceptors (Lipinski definition) is 4. The average molecular weight is 537 g/mol. The first-order chi connectivity index (χ1) is 18.5. The third kappa shape index (κ3) is 6.74. The Morgan fingerprint density at radius 2 is 1.79 bits per heavy atom. The van der Waals surface area contributed by atoms with E-state index in [1.54, 1.807) is 48.5 Å². The Labute approximate surface area is 223 Å². The fourth-order valence-electron chi connectivity index (χ4n) is 4.18. The third-order valence-corrected chi connectivity index (χ3v) is 5.97. The van der Waals surface area contributed by atoms with Crippen molar-refractivity contribution >= 4 is 28.8 Å². The molecule has 3 N–H and O–H groups in total. The zero-order valence-corrected chi connectivity index (χ0v) is 21.3. The number of anilines is 2. The highest BCUT2D eigenvalue weighted by Crippen LogP contribution is 2.35. The fourth-order valence-corrected chi connectivity index (χ4v) is 4.18. The average Bonchev–Trinajstić information content (AvgIpc) is 2.88. The number of para-hydroxylation sites is 1. The number of fused-ring (bicyclic) bond motifs is 1. The maximum absolute atomic E-state index is 13.1. The highest BCUT2D eigenvalue weighted by Gasteiger charge is 2.30. The molecule has 1 aliphatic rings. The van der Waals surface area contributed by atoms with Crippen LogP contribution in [0.1, 0.15) is 36.1 Å². The van der Waals surface area contributed by atoms with Gasteiger partial charge >= 0.3 is 6.18 Å². The SMILES string of the molecule is CC(C)Oc1ccccc1/C(=C/C=C/C(=O)Nc1cccc2c1CC(O)C(=O)N2)c1ccc(C(F)(F)F)cc1. The van der Waals surface area contributed by atoms with E-state index in [0.717, 1.165) is 12.1 Å². The molecule has 0 aromatic heterocycles. The molecule has 0 spiro atoms. The van der Waals surface area contributed by atoms with Crippen LogP contribution in [0.2, 0.25) is 0 Å². The van der Waals surface area contributed by atoms with Crippen LogP contribution in [0.3, 0.4) is 0 Å².